The van der Waals surface area contributed by atoms with Crippen LogP contribution in [0.15, 0.2) is 24.4 Å². The van der Waals surface area contributed by atoms with Crippen LogP contribution in [0.2, 0.25) is 0 Å². The second-order valence-electron chi connectivity index (χ2n) is 6.62. The summed E-state index contributed by atoms with van der Waals surface area (Å²) >= 11 is 0. The minimum Gasteiger partial charge on any atom is -0.548 e. The van der Waals surface area contributed by atoms with E-state index in [-0.39, 0.29) is 18.6 Å². The van der Waals surface area contributed by atoms with Crippen molar-refractivity contribution in [2.45, 2.75) is 38.7 Å². The molecule has 1 aliphatic rings. The Kier molecular flexibility index (Phi) is 4.52. The number of carbonyl (C=O) groups excluding carboxylic acids is 3. The molecule has 1 atom stereocenters. The molecule has 1 aromatic heterocycles. The van der Waals surface area contributed by atoms with E-state index < -0.39 is 36.7 Å². The molecule has 138 valence electrons. The van der Waals surface area contributed by atoms with E-state index in [1.165, 1.54) is 17.7 Å². The van der Waals surface area contributed by atoms with Crippen LogP contribution in [-0.2, 0) is 16.1 Å². The van der Waals surface area contributed by atoms with Gasteiger partial charge in [0, 0.05) is 47.1 Å². The van der Waals surface area contributed by atoms with Crippen molar-refractivity contribution < 1.29 is 28.3 Å². The third-order valence-corrected chi connectivity index (χ3v) is 4.60. The van der Waals surface area contributed by atoms with Gasteiger partial charge in [-0.1, -0.05) is 0 Å². The second kappa shape index (κ2) is 6.51. The lowest BCUT2D eigenvalue weighted by atomic mass is 10.1. The number of ketones is 1. The number of nitrogens with zero attached hydrogens (tertiary/aromatic N) is 1. The number of hydrogen-bond donors (Lipinski definition) is 1. The fourth-order valence-electron chi connectivity index (χ4n) is 3.34. The Balaban J connectivity index is 1.89. The first kappa shape index (κ1) is 18.0. The Morgan fingerprint density at radius 3 is 2.65 bits per heavy atom. The Hall–Kier alpha value is -2.77. The Labute approximate surface area is 147 Å². The first-order valence-electron chi connectivity index (χ1n) is 8.19. The maximum Gasteiger partial charge on any atom is 0.248 e. The first-order chi connectivity index (χ1) is 12.2. The molecule has 1 aromatic carbocycles. The van der Waals surface area contributed by atoms with E-state index in [1.54, 1.807) is 18.2 Å². The number of aliphatic carboxylic acids is 1. The molecule has 26 heavy (non-hydrogen) atoms. The molecule has 6 nitrogen and oxygen atoms in total. The standard InChI is InChI=1S/C18H18F2N2O4/c1-10(23)14-8-22(9-16(24)25)15-3-2-12(6-13(14)15)21-17(26)11-4-5-18(19,20)7-11/h2-3,6,8,11H,4-5,7,9H2,1H3,(H,21,26)(H,24,25)/p-1. The largest absolute Gasteiger partial charge is 0.548 e. The van der Waals surface area contributed by atoms with Crippen LogP contribution in [0.25, 0.3) is 10.9 Å². The van der Waals surface area contributed by atoms with Gasteiger partial charge in [0.15, 0.2) is 5.78 Å². The van der Waals surface area contributed by atoms with Crippen LogP contribution in [0, 0.1) is 5.92 Å². The van der Waals surface area contributed by atoms with Gasteiger partial charge in [0.05, 0.1) is 12.5 Å². The van der Waals surface area contributed by atoms with Crippen molar-refractivity contribution in [3.05, 3.63) is 30.0 Å². The van der Waals surface area contributed by atoms with E-state index in [1.807, 2.05) is 0 Å². The van der Waals surface area contributed by atoms with E-state index in [2.05, 4.69) is 5.32 Å². The number of carboxylic acid groups (broad SMARTS) is 1. The van der Waals surface area contributed by atoms with Crippen molar-refractivity contribution in [1.82, 2.24) is 4.57 Å². The van der Waals surface area contributed by atoms with Gasteiger partial charge in [0.25, 0.3) is 0 Å². The maximum atomic E-state index is 13.3. The van der Waals surface area contributed by atoms with Gasteiger partial charge in [-0.2, -0.15) is 0 Å². The van der Waals surface area contributed by atoms with E-state index in [0.717, 1.165) is 0 Å². The predicted molar refractivity (Wildman–Crippen MR) is 87.9 cm³/mol. The third kappa shape index (κ3) is 3.58. The lowest BCUT2D eigenvalue weighted by Crippen LogP contribution is -2.27. The molecule has 1 amide bonds. The maximum absolute atomic E-state index is 13.3. The zero-order valence-electron chi connectivity index (χ0n) is 14.1. The average Bonchev–Trinajstić information content (AvgIpc) is 3.07. The Morgan fingerprint density at radius 2 is 2.08 bits per heavy atom. The van der Waals surface area contributed by atoms with E-state index in [9.17, 15) is 28.3 Å². The van der Waals surface area contributed by atoms with Crippen molar-refractivity contribution in [2.75, 3.05) is 5.32 Å². The quantitative estimate of drug-likeness (QED) is 0.822. The number of amides is 1. The molecule has 1 aliphatic carbocycles. The number of hydrogen-bond acceptors (Lipinski definition) is 4. The third-order valence-electron chi connectivity index (χ3n) is 4.60. The van der Waals surface area contributed by atoms with Gasteiger partial charge >= 0.3 is 0 Å². The molecule has 8 heteroatoms. The monoisotopic (exact) mass is 363 g/mol. The van der Waals surface area contributed by atoms with Crippen molar-refractivity contribution in [3.63, 3.8) is 0 Å². The number of anilines is 1. The van der Waals surface area contributed by atoms with Crippen LogP contribution in [0.3, 0.4) is 0 Å². The number of nitrogens with one attached hydrogen (secondary N) is 1. The molecule has 1 saturated carbocycles. The lowest BCUT2D eigenvalue weighted by Gasteiger charge is -2.12. The molecule has 0 saturated heterocycles. The van der Waals surface area contributed by atoms with Gasteiger partial charge in [0.2, 0.25) is 11.8 Å². The van der Waals surface area contributed by atoms with Gasteiger partial charge < -0.3 is 19.8 Å². The summed E-state index contributed by atoms with van der Waals surface area (Å²) in [6.45, 7) is 0.941. The summed E-state index contributed by atoms with van der Waals surface area (Å²) in [5.41, 5.74) is 1.18. The fraction of sp³-hybridized carbons (Fsp3) is 0.389. The van der Waals surface area contributed by atoms with Gasteiger partial charge in [-0.3, -0.25) is 9.59 Å². The summed E-state index contributed by atoms with van der Waals surface area (Å²) in [4.78, 5) is 34.9. The topological polar surface area (TPSA) is 91.2 Å². The second-order valence-corrected chi connectivity index (χ2v) is 6.62. The molecule has 0 radical (unpaired) electrons. The molecule has 1 unspecified atom stereocenters. The number of halogens is 2. The van der Waals surface area contributed by atoms with Crippen molar-refractivity contribution >= 4 is 34.3 Å². The number of aromatic nitrogens is 1. The number of fused-ring (bicyclic) bond motifs is 1. The van der Waals surface area contributed by atoms with Crippen molar-refractivity contribution in [1.29, 1.82) is 0 Å². The zero-order chi connectivity index (χ0) is 19.1. The molecule has 1 heterocycles. The summed E-state index contributed by atoms with van der Waals surface area (Å²) in [6.07, 6.45) is 0.778. The molecule has 0 spiro atoms. The van der Waals surface area contributed by atoms with Gasteiger partial charge in [-0.05, 0) is 31.5 Å². The number of Topliss-reactive ketones (excluding diaryl/α,β-unsaturated/α-hetero) is 1. The summed E-state index contributed by atoms with van der Waals surface area (Å²) in [5.74, 6) is -5.60. The first-order valence-corrected chi connectivity index (χ1v) is 8.19. The molecular formula is C18H17F2N2O4-. The lowest BCUT2D eigenvalue weighted by molar-refractivity contribution is -0.306. The molecule has 1 N–H and O–H groups in total. The molecule has 2 aromatic rings. The van der Waals surface area contributed by atoms with E-state index in [4.69, 9.17) is 0 Å². The van der Waals surface area contributed by atoms with Crippen molar-refractivity contribution in [2.24, 2.45) is 5.92 Å². The zero-order valence-corrected chi connectivity index (χ0v) is 14.1. The minimum atomic E-state index is -2.81. The van der Waals surface area contributed by atoms with Gasteiger partial charge in [-0.25, -0.2) is 8.78 Å². The van der Waals surface area contributed by atoms with E-state index >= 15 is 0 Å². The summed E-state index contributed by atoms with van der Waals surface area (Å²) in [6, 6.07) is 4.66. The number of benzene rings is 1. The highest BCUT2D eigenvalue weighted by atomic mass is 19.3. The van der Waals surface area contributed by atoms with Crippen LogP contribution in [-0.4, -0.2) is 28.1 Å². The molecule has 0 aliphatic heterocycles. The Bertz CT molecular complexity index is 904. The summed E-state index contributed by atoms with van der Waals surface area (Å²) < 4.78 is 27.9. The highest BCUT2D eigenvalue weighted by Crippen LogP contribution is 2.39. The summed E-state index contributed by atoms with van der Waals surface area (Å²) in [5, 5.41) is 14.0. The SMILES string of the molecule is CC(=O)c1cn(CC(=O)[O-])c2ccc(NC(=O)C3CCC(F)(F)C3)cc12. The normalized spacial score (nSPS) is 18.8. The van der Waals surface area contributed by atoms with Crippen LogP contribution in [0.4, 0.5) is 14.5 Å². The van der Waals surface area contributed by atoms with Crippen molar-refractivity contribution in [3.8, 4) is 0 Å². The molecule has 3 rings (SSSR count). The highest BCUT2D eigenvalue weighted by Gasteiger charge is 2.42. The predicted octanol–water partition coefficient (Wildman–Crippen LogP) is 1.97. The fourth-order valence-corrected chi connectivity index (χ4v) is 3.34. The molecular weight excluding hydrogens is 346 g/mol. The highest BCUT2D eigenvalue weighted by molar-refractivity contribution is 6.08. The van der Waals surface area contributed by atoms with E-state index in [0.29, 0.717) is 22.2 Å². The number of alkyl halides is 2. The molecule has 0 bridgehead atoms. The van der Waals surface area contributed by atoms with Gasteiger partial charge in [0.1, 0.15) is 0 Å². The van der Waals surface area contributed by atoms with Crippen LogP contribution in [0.5, 0.6) is 0 Å². The minimum absolute atomic E-state index is 0.127. The smallest absolute Gasteiger partial charge is 0.248 e. The Morgan fingerprint density at radius 1 is 1.35 bits per heavy atom. The van der Waals surface area contributed by atoms with Gasteiger partial charge in [-0.15, -0.1) is 0 Å². The number of rotatable bonds is 5. The van der Waals surface area contributed by atoms with Crippen LogP contribution >= 0.6 is 0 Å². The van der Waals surface area contributed by atoms with Crippen LogP contribution in [0.1, 0.15) is 36.5 Å². The number of carbonyl (C=O) groups is 3. The van der Waals surface area contributed by atoms with Crippen LogP contribution < -0.4 is 10.4 Å². The number of carboxylic acids is 1. The average molecular weight is 363 g/mol. The molecule has 1 fully saturated rings. The summed E-state index contributed by atoms with van der Waals surface area (Å²) in [7, 11) is 0.